The molecule has 2 aromatic rings. The highest BCUT2D eigenvalue weighted by atomic mass is 35.5. The first kappa shape index (κ1) is 19.8. The summed E-state index contributed by atoms with van der Waals surface area (Å²) in [7, 11) is 0. The molecular weight excluding hydrogens is 411 g/mol. The van der Waals surface area contributed by atoms with Crippen LogP contribution in [0, 0.1) is 10.1 Å². The molecule has 2 heterocycles. The van der Waals surface area contributed by atoms with E-state index >= 15 is 0 Å². The second kappa shape index (κ2) is 7.99. The van der Waals surface area contributed by atoms with Crippen molar-refractivity contribution in [3.05, 3.63) is 50.5 Å². The largest absolute Gasteiger partial charge is 0.474 e. The Kier molecular flexibility index (Phi) is 5.66. The maximum atomic E-state index is 12.7. The number of nitro groups is 1. The standard InChI is InChI=1S/C17H14Cl2N4O5/c1-2-12-17(25)22(16-13(28-12)5-6-14(21-16)23(26)27)8-15(24)20-11-4-3-9(18)7-10(11)19/h3-7,12H,2,8H2,1H3,(H,20,24). The molecule has 146 valence electrons. The van der Waals surface area contributed by atoms with E-state index < -0.39 is 35.2 Å². The lowest BCUT2D eigenvalue weighted by atomic mass is 10.2. The predicted octanol–water partition coefficient (Wildman–Crippen LogP) is 3.44. The number of carbonyl (C=O) groups is 2. The van der Waals surface area contributed by atoms with E-state index in [9.17, 15) is 19.7 Å². The summed E-state index contributed by atoms with van der Waals surface area (Å²) in [6.07, 6.45) is -0.459. The monoisotopic (exact) mass is 424 g/mol. The van der Waals surface area contributed by atoms with Gasteiger partial charge in [-0.15, -0.1) is 0 Å². The number of pyridine rings is 1. The van der Waals surface area contributed by atoms with Gasteiger partial charge in [-0.05, 0) is 40.6 Å². The van der Waals surface area contributed by atoms with Crippen molar-refractivity contribution in [2.24, 2.45) is 0 Å². The summed E-state index contributed by atoms with van der Waals surface area (Å²) in [5.74, 6) is -1.43. The Hall–Kier alpha value is -2.91. The average Bonchev–Trinajstić information content (AvgIpc) is 2.65. The molecule has 0 spiro atoms. The fourth-order valence-corrected chi connectivity index (χ4v) is 3.09. The topological polar surface area (TPSA) is 115 Å². The molecule has 0 fully saturated rings. The Labute approximate surface area is 169 Å². The summed E-state index contributed by atoms with van der Waals surface area (Å²) in [6.45, 7) is 1.33. The van der Waals surface area contributed by atoms with Crippen molar-refractivity contribution in [2.75, 3.05) is 16.8 Å². The first-order valence-electron chi connectivity index (χ1n) is 8.18. The minimum atomic E-state index is -0.817. The molecule has 3 rings (SSSR count). The Bertz CT molecular complexity index is 969. The van der Waals surface area contributed by atoms with Gasteiger partial charge in [0, 0.05) is 11.1 Å². The van der Waals surface area contributed by atoms with Crippen LogP contribution in [0.15, 0.2) is 30.3 Å². The molecule has 0 saturated heterocycles. The first-order valence-corrected chi connectivity index (χ1v) is 8.94. The minimum Gasteiger partial charge on any atom is -0.474 e. The zero-order valence-electron chi connectivity index (χ0n) is 14.5. The van der Waals surface area contributed by atoms with Crippen LogP contribution in [0.2, 0.25) is 10.0 Å². The molecular formula is C17H14Cl2N4O5. The van der Waals surface area contributed by atoms with E-state index in [1.807, 2.05) is 0 Å². The Balaban J connectivity index is 1.88. The molecule has 0 radical (unpaired) electrons. The summed E-state index contributed by atoms with van der Waals surface area (Å²) in [4.78, 5) is 40.4. The van der Waals surface area contributed by atoms with Crippen LogP contribution >= 0.6 is 23.2 Å². The fraction of sp³-hybridized carbons (Fsp3) is 0.235. The second-order valence-electron chi connectivity index (χ2n) is 5.86. The Morgan fingerprint density at radius 1 is 1.36 bits per heavy atom. The van der Waals surface area contributed by atoms with Crippen LogP contribution in [0.25, 0.3) is 0 Å². The average molecular weight is 425 g/mol. The van der Waals surface area contributed by atoms with Crippen LogP contribution in [0.4, 0.5) is 17.3 Å². The molecule has 1 aromatic carbocycles. The SMILES string of the molecule is CCC1Oc2ccc([N+](=O)[O-])nc2N(CC(=O)Nc2ccc(Cl)cc2Cl)C1=O. The van der Waals surface area contributed by atoms with Crippen LogP contribution in [0.5, 0.6) is 5.75 Å². The van der Waals surface area contributed by atoms with Crippen molar-refractivity contribution in [1.82, 2.24) is 4.98 Å². The van der Waals surface area contributed by atoms with Crippen LogP contribution in [-0.4, -0.2) is 34.4 Å². The van der Waals surface area contributed by atoms with Crippen LogP contribution in [0.1, 0.15) is 13.3 Å². The lowest BCUT2D eigenvalue weighted by molar-refractivity contribution is -0.389. The number of aromatic nitrogens is 1. The number of ether oxygens (including phenoxy) is 1. The van der Waals surface area contributed by atoms with Gasteiger partial charge in [0.25, 0.3) is 11.7 Å². The van der Waals surface area contributed by atoms with E-state index in [0.717, 1.165) is 4.90 Å². The minimum absolute atomic E-state index is 0.0822. The van der Waals surface area contributed by atoms with Crippen molar-refractivity contribution < 1.29 is 19.2 Å². The van der Waals surface area contributed by atoms with Crippen molar-refractivity contribution in [3.63, 3.8) is 0 Å². The first-order chi connectivity index (χ1) is 13.3. The highest BCUT2D eigenvalue weighted by Gasteiger charge is 2.39. The van der Waals surface area contributed by atoms with Crippen molar-refractivity contribution in [3.8, 4) is 5.75 Å². The number of halogens is 2. The molecule has 1 aliphatic heterocycles. The van der Waals surface area contributed by atoms with E-state index in [4.69, 9.17) is 27.9 Å². The van der Waals surface area contributed by atoms with Gasteiger partial charge >= 0.3 is 5.82 Å². The van der Waals surface area contributed by atoms with Gasteiger partial charge in [-0.25, -0.2) is 0 Å². The molecule has 0 saturated carbocycles. The van der Waals surface area contributed by atoms with Crippen LogP contribution in [-0.2, 0) is 9.59 Å². The molecule has 2 amide bonds. The zero-order chi connectivity index (χ0) is 20.4. The molecule has 1 aliphatic rings. The van der Waals surface area contributed by atoms with E-state index in [1.54, 1.807) is 13.0 Å². The van der Waals surface area contributed by atoms with Crippen LogP contribution < -0.4 is 15.0 Å². The molecule has 1 atom stereocenters. The van der Waals surface area contributed by atoms with Gasteiger partial charge in [0.15, 0.2) is 11.9 Å². The third-order valence-corrected chi connectivity index (χ3v) is 4.50. The van der Waals surface area contributed by atoms with Gasteiger partial charge in [0.2, 0.25) is 5.91 Å². The summed E-state index contributed by atoms with van der Waals surface area (Å²) in [5, 5.41) is 14.2. The smallest absolute Gasteiger partial charge is 0.366 e. The predicted molar refractivity (Wildman–Crippen MR) is 103 cm³/mol. The number of hydrogen-bond donors (Lipinski definition) is 1. The zero-order valence-corrected chi connectivity index (χ0v) is 16.0. The van der Waals surface area contributed by atoms with Gasteiger partial charge in [0.1, 0.15) is 6.54 Å². The van der Waals surface area contributed by atoms with Gasteiger partial charge in [-0.2, -0.15) is 0 Å². The van der Waals surface area contributed by atoms with Crippen molar-refractivity contribution in [1.29, 1.82) is 0 Å². The summed E-state index contributed by atoms with van der Waals surface area (Å²) < 4.78 is 5.55. The maximum Gasteiger partial charge on any atom is 0.366 e. The van der Waals surface area contributed by atoms with E-state index in [0.29, 0.717) is 17.1 Å². The third-order valence-electron chi connectivity index (χ3n) is 3.96. The Morgan fingerprint density at radius 2 is 2.11 bits per heavy atom. The lowest BCUT2D eigenvalue weighted by Crippen LogP contribution is -2.49. The highest BCUT2D eigenvalue weighted by Crippen LogP contribution is 2.34. The number of nitrogens with one attached hydrogen (secondary N) is 1. The second-order valence-corrected chi connectivity index (χ2v) is 6.70. The summed E-state index contributed by atoms with van der Waals surface area (Å²) in [5.41, 5.74) is 0.316. The number of fused-ring (bicyclic) bond motifs is 1. The molecule has 28 heavy (non-hydrogen) atoms. The number of hydrogen-bond acceptors (Lipinski definition) is 6. The lowest BCUT2D eigenvalue weighted by Gasteiger charge is -2.30. The van der Waals surface area contributed by atoms with E-state index in [2.05, 4.69) is 10.3 Å². The van der Waals surface area contributed by atoms with Crippen LogP contribution in [0.3, 0.4) is 0 Å². The normalized spacial score (nSPS) is 15.6. The quantitative estimate of drug-likeness (QED) is 0.580. The highest BCUT2D eigenvalue weighted by molar-refractivity contribution is 6.36. The number of nitrogens with zero attached hydrogens (tertiary/aromatic N) is 3. The van der Waals surface area contributed by atoms with E-state index in [1.165, 1.54) is 24.3 Å². The number of anilines is 2. The number of carbonyl (C=O) groups excluding carboxylic acids is 2. The van der Waals surface area contributed by atoms with Crippen molar-refractivity contribution in [2.45, 2.75) is 19.4 Å². The Morgan fingerprint density at radius 3 is 2.75 bits per heavy atom. The number of rotatable bonds is 5. The molecule has 1 unspecified atom stereocenters. The number of benzene rings is 1. The van der Waals surface area contributed by atoms with Crippen molar-refractivity contribution >= 4 is 52.3 Å². The molecule has 1 N–H and O–H groups in total. The third kappa shape index (κ3) is 4.00. The van der Waals surface area contributed by atoms with E-state index in [-0.39, 0.29) is 16.6 Å². The fourth-order valence-electron chi connectivity index (χ4n) is 2.63. The van der Waals surface area contributed by atoms with Gasteiger partial charge in [0.05, 0.1) is 10.7 Å². The molecule has 0 bridgehead atoms. The molecule has 0 aliphatic carbocycles. The number of amides is 2. The van der Waals surface area contributed by atoms with Gasteiger partial charge in [-0.1, -0.05) is 30.1 Å². The summed E-state index contributed by atoms with van der Waals surface area (Å²) >= 11 is 11.9. The molecule has 11 heteroatoms. The molecule has 1 aromatic heterocycles. The molecule has 9 nitrogen and oxygen atoms in total. The van der Waals surface area contributed by atoms with Gasteiger partial charge < -0.3 is 20.2 Å². The summed E-state index contributed by atoms with van der Waals surface area (Å²) in [6, 6.07) is 7.07. The maximum absolute atomic E-state index is 12.7. The van der Waals surface area contributed by atoms with Gasteiger partial charge in [-0.3, -0.25) is 14.5 Å².